The van der Waals surface area contributed by atoms with E-state index < -0.39 is 0 Å². The number of carbonyl (C=O) groups is 2. The lowest BCUT2D eigenvalue weighted by Gasteiger charge is -2.67. The first-order valence-electron chi connectivity index (χ1n) is 19.3. The van der Waals surface area contributed by atoms with Gasteiger partial charge in [0.1, 0.15) is 12.2 Å². The summed E-state index contributed by atoms with van der Waals surface area (Å²) in [6, 6.07) is 13.9. The summed E-state index contributed by atoms with van der Waals surface area (Å²) in [7, 11) is 1.87. The maximum Gasteiger partial charge on any atom is 0.338 e. The molecule has 10 atom stereocenters. The molecular weight excluding hydrogens is 691 g/mol. The number of allylic oxidation sites excluding steroid dienone is 1. The molecule has 3 saturated carbocycles. The Hall–Kier alpha value is -2.60. The van der Waals surface area contributed by atoms with E-state index in [0.717, 1.165) is 50.5 Å². The van der Waals surface area contributed by atoms with Gasteiger partial charge in [0.05, 0.1) is 17.2 Å². The van der Waals surface area contributed by atoms with Crippen LogP contribution in [0.5, 0.6) is 0 Å². The lowest BCUT2D eigenvalue weighted by Crippen LogP contribution is -2.63. The Bertz CT molecular complexity index is 1710. The van der Waals surface area contributed by atoms with Gasteiger partial charge in [0.25, 0.3) is 0 Å². The summed E-state index contributed by atoms with van der Waals surface area (Å²) in [5, 5.41) is 1.20. The molecule has 3 fully saturated rings. The summed E-state index contributed by atoms with van der Waals surface area (Å²) in [4.78, 5) is 26.5. The Morgan fingerprint density at radius 3 is 2.00 bits per heavy atom. The smallest absolute Gasteiger partial charge is 0.338 e. The van der Waals surface area contributed by atoms with Gasteiger partial charge in [0, 0.05) is 28.5 Å². The van der Waals surface area contributed by atoms with Crippen LogP contribution in [0.3, 0.4) is 0 Å². The Morgan fingerprint density at radius 1 is 0.827 bits per heavy atom. The first-order chi connectivity index (χ1) is 24.4. The van der Waals surface area contributed by atoms with Crippen LogP contribution in [-0.2, 0) is 14.2 Å². The van der Waals surface area contributed by atoms with E-state index in [4.69, 9.17) is 37.4 Å². The number of hydrogen-bond acceptors (Lipinski definition) is 5. The van der Waals surface area contributed by atoms with E-state index in [1.54, 1.807) is 48.5 Å². The molecule has 0 aromatic heterocycles. The van der Waals surface area contributed by atoms with E-state index in [9.17, 15) is 9.59 Å². The number of ether oxygens (including phenoxy) is 3. The molecule has 282 valence electrons. The predicted molar refractivity (Wildman–Crippen MR) is 210 cm³/mol. The summed E-state index contributed by atoms with van der Waals surface area (Å²) in [6.45, 7) is 18.7. The third kappa shape index (κ3) is 6.81. The van der Waals surface area contributed by atoms with Crippen molar-refractivity contribution in [2.45, 2.75) is 119 Å². The molecule has 0 N–H and O–H groups in total. The molecule has 0 radical (unpaired) electrons. The molecule has 5 nitrogen and oxygen atoms in total. The Morgan fingerprint density at radius 2 is 1.42 bits per heavy atom. The van der Waals surface area contributed by atoms with Crippen molar-refractivity contribution in [2.24, 2.45) is 45.3 Å². The summed E-state index contributed by atoms with van der Waals surface area (Å²) in [6.07, 6.45) is 11.2. The lowest BCUT2D eigenvalue weighted by atomic mass is 9.38. The van der Waals surface area contributed by atoms with E-state index in [-0.39, 0.29) is 51.9 Å². The molecule has 4 aliphatic carbocycles. The van der Waals surface area contributed by atoms with Crippen molar-refractivity contribution in [3.8, 4) is 0 Å². The van der Waals surface area contributed by atoms with Gasteiger partial charge >= 0.3 is 11.9 Å². The van der Waals surface area contributed by atoms with Crippen LogP contribution in [0.1, 0.15) is 121 Å². The van der Waals surface area contributed by atoms with Crippen molar-refractivity contribution in [1.29, 1.82) is 0 Å². The van der Waals surface area contributed by atoms with Gasteiger partial charge in [-0.15, -0.1) is 0 Å². The number of esters is 2. The number of carbonyl (C=O) groups excluding carboxylic acids is 2. The molecule has 7 heteroatoms. The maximum absolute atomic E-state index is 13.3. The third-order valence-electron chi connectivity index (χ3n) is 14.5. The van der Waals surface area contributed by atoms with Gasteiger partial charge in [-0.3, -0.25) is 0 Å². The van der Waals surface area contributed by atoms with Gasteiger partial charge in [0.15, 0.2) is 0 Å². The zero-order valence-electron chi connectivity index (χ0n) is 32.6. The lowest BCUT2D eigenvalue weighted by molar-refractivity contribution is -0.183. The Kier molecular flexibility index (Phi) is 11.0. The van der Waals surface area contributed by atoms with E-state index in [2.05, 4.69) is 67.5 Å². The fourth-order valence-electron chi connectivity index (χ4n) is 11.7. The molecule has 0 spiro atoms. The minimum absolute atomic E-state index is 0.0290. The highest BCUT2D eigenvalue weighted by Crippen LogP contribution is 2.75. The second kappa shape index (κ2) is 14.6. The molecule has 6 rings (SSSR count). The molecule has 0 unspecified atom stereocenters. The molecule has 0 bridgehead atoms. The van der Waals surface area contributed by atoms with Gasteiger partial charge in [0.2, 0.25) is 0 Å². The highest BCUT2D eigenvalue weighted by atomic mass is 35.5. The van der Waals surface area contributed by atoms with E-state index in [1.165, 1.54) is 5.57 Å². The minimum atomic E-state index is -0.326. The average molecular weight is 750 g/mol. The SMILES string of the molecule is CO[C@H]1C=C2[C@@H](CC[C@H](OC(=O)c3ccc(Cl)cc3)C2(C)C)[C@]2(C)CC[C@]3(C)[C@@H]([C@H](C)C[C@H](C=C(C)C)OC(=O)c4ccc(Cl)cc4)CC[C@@]3(C)[C@H]12. The number of rotatable bonds is 9. The summed E-state index contributed by atoms with van der Waals surface area (Å²) >= 11 is 12.2. The Labute approximate surface area is 321 Å². The molecule has 0 aliphatic heterocycles. The Balaban J connectivity index is 1.24. The van der Waals surface area contributed by atoms with E-state index in [1.807, 2.05) is 7.11 Å². The van der Waals surface area contributed by atoms with E-state index >= 15 is 0 Å². The second-order valence-electron chi connectivity index (χ2n) is 17.9. The van der Waals surface area contributed by atoms with E-state index in [0.29, 0.717) is 44.8 Å². The predicted octanol–water partition coefficient (Wildman–Crippen LogP) is 12.0. The zero-order chi connectivity index (χ0) is 37.8. The molecule has 2 aromatic carbocycles. The second-order valence-corrected chi connectivity index (χ2v) is 18.8. The topological polar surface area (TPSA) is 61.8 Å². The van der Waals surface area contributed by atoms with Gasteiger partial charge < -0.3 is 14.2 Å². The number of halogens is 2. The van der Waals surface area contributed by atoms with Gasteiger partial charge in [-0.1, -0.05) is 82.0 Å². The number of hydrogen-bond donors (Lipinski definition) is 0. The fourth-order valence-corrected chi connectivity index (χ4v) is 12.0. The third-order valence-corrected chi connectivity index (χ3v) is 15.0. The largest absolute Gasteiger partial charge is 0.458 e. The van der Waals surface area contributed by atoms with Crippen LogP contribution in [0.2, 0.25) is 10.0 Å². The number of fused-ring (bicyclic) bond motifs is 5. The standard InChI is InChI=1S/C45H58Cl2O5/c1-27(2)24-33(51-40(48)29-10-14-31(46)15-11-29)25-28(3)34-20-21-45(8)39-37(50-9)26-36-35(43(39,6)22-23-44(34,45)7)18-19-38(42(36,4)5)52-41(49)30-12-16-32(47)17-13-30/h10-17,24,26,28,33-35,37-39H,18-23,25H2,1-9H3/t28-,33+,34-,35-,37+,38+,39-,43+,44-,45+/m1/s1. The van der Waals surface area contributed by atoms with Crippen LogP contribution < -0.4 is 0 Å². The van der Waals surface area contributed by atoms with Crippen molar-refractivity contribution in [2.75, 3.05) is 7.11 Å². The van der Waals surface area contributed by atoms with Crippen molar-refractivity contribution in [3.63, 3.8) is 0 Å². The number of methoxy groups -OCH3 is 1. The van der Waals surface area contributed by atoms with Crippen LogP contribution in [0.4, 0.5) is 0 Å². The van der Waals surface area contributed by atoms with Crippen molar-refractivity contribution >= 4 is 35.1 Å². The summed E-state index contributed by atoms with van der Waals surface area (Å²) < 4.78 is 18.9. The molecular formula is C45H58Cl2O5. The average Bonchev–Trinajstić information content (AvgIpc) is 3.36. The van der Waals surface area contributed by atoms with Crippen LogP contribution >= 0.6 is 23.2 Å². The molecule has 52 heavy (non-hydrogen) atoms. The van der Waals surface area contributed by atoms with Gasteiger partial charge in [-0.2, -0.15) is 0 Å². The zero-order valence-corrected chi connectivity index (χ0v) is 34.1. The molecule has 4 aliphatic rings. The molecule has 0 heterocycles. The molecule has 0 saturated heterocycles. The van der Waals surface area contributed by atoms with Crippen molar-refractivity contribution in [1.82, 2.24) is 0 Å². The van der Waals surface area contributed by atoms with Crippen molar-refractivity contribution < 1.29 is 23.8 Å². The molecule has 2 aromatic rings. The summed E-state index contributed by atoms with van der Waals surface area (Å²) in [5.74, 6) is 0.997. The van der Waals surface area contributed by atoms with Crippen LogP contribution in [-0.4, -0.2) is 37.4 Å². The first kappa shape index (κ1) is 39.1. The van der Waals surface area contributed by atoms with Crippen LogP contribution in [0, 0.1) is 45.3 Å². The first-order valence-corrected chi connectivity index (χ1v) is 20.0. The minimum Gasteiger partial charge on any atom is -0.458 e. The van der Waals surface area contributed by atoms with Gasteiger partial charge in [-0.25, -0.2) is 9.59 Å². The highest BCUT2D eigenvalue weighted by Gasteiger charge is 2.69. The normalized spacial score (nSPS) is 34.4. The van der Waals surface area contributed by atoms with Crippen molar-refractivity contribution in [3.05, 3.63) is 93.0 Å². The monoisotopic (exact) mass is 748 g/mol. The van der Waals surface area contributed by atoms with Crippen LogP contribution in [0.15, 0.2) is 71.8 Å². The van der Waals surface area contributed by atoms with Crippen LogP contribution in [0.25, 0.3) is 0 Å². The summed E-state index contributed by atoms with van der Waals surface area (Å²) in [5.41, 5.74) is 3.47. The maximum atomic E-state index is 13.3. The number of benzene rings is 2. The van der Waals surface area contributed by atoms with Gasteiger partial charge in [-0.05, 0) is 147 Å². The fraction of sp³-hybridized carbons (Fsp3) is 0.600. The molecule has 0 amide bonds. The quantitative estimate of drug-likeness (QED) is 0.189. The highest BCUT2D eigenvalue weighted by molar-refractivity contribution is 6.31.